The van der Waals surface area contributed by atoms with E-state index in [1.165, 1.54) is 6.42 Å². The van der Waals surface area contributed by atoms with E-state index in [9.17, 15) is 4.79 Å². The van der Waals surface area contributed by atoms with Crippen LogP contribution in [0, 0.1) is 17.2 Å². The first-order valence-corrected chi connectivity index (χ1v) is 7.62. The van der Waals surface area contributed by atoms with Gasteiger partial charge in [-0.2, -0.15) is 5.26 Å². The van der Waals surface area contributed by atoms with Gasteiger partial charge in [-0.1, -0.05) is 0 Å². The first-order chi connectivity index (χ1) is 9.22. The summed E-state index contributed by atoms with van der Waals surface area (Å²) in [7, 11) is 0. The highest BCUT2D eigenvalue weighted by Crippen LogP contribution is 2.24. The molecule has 4 heteroatoms. The van der Waals surface area contributed by atoms with Gasteiger partial charge in [-0.05, 0) is 45.6 Å². The Bertz CT molecular complexity index is 350. The number of hydrogen-bond acceptors (Lipinski definition) is 3. The lowest BCUT2D eigenvalue weighted by molar-refractivity contribution is -0.140. The van der Waals surface area contributed by atoms with Crippen molar-refractivity contribution in [2.24, 2.45) is 5.92 Å². The van der Waals surface area contributed by atoms with Gasteiger partial charge in [0.1, 0.15) is 0 Å². The van der Waals surface area contributed by atoms with Crippen LogP contribution in [0.25, 0.3) is 0 Å². The van der Waals surface area contributed by atoms with E-state index in [-0.39, 0.29) is 5.92 Å². The average Bonchev–Trinajstić information content (AvgIpc) is 2.45. The van der Waals surface area contributed by atoms with E-state index < -0.39 is 0 Å². The molecule has 2 saturated heterocycles. The summed E-state index contributed by atoms with van der Waals surface area (Å²) in [6, 6.07) is 2.61. The molecule has 2 atom stereocenters. The summed E-state index contributed by atoms with van der Waals surface area (Å²) in [5.74, 6) is 0.516. The number of nitrogens with zero attached hydrogens (tertiary/aromatic N) is 3. The molecular formula is C15H25N3O. The first kappa shape index (κ1) is 14.3. The number of carbonyl (C=O) groups excluding carboxylic acids is 1. The number of nitriles is 1. The van der Waals surface area contributed by atoms with E-state index in [1.807, 2.05) is 0 Å². The molecular weight excluding hydrogens is 238 g/mol. The van der Waals surface area contributed by atoms with Crippen LogP contribution in [0.3, 0.4) is 0 Å². The van der Waals surface area contributed by atoms with E-state index >= 15 is 0 Å². The molecule has 2 heterocycles. The van der Waals surface area contributed by atoms with Crippen molar-refractivity contribution in [2.45, 2.75) is 51.5 Å². The van der Waals surface area contributed by atoms with Crippen LogP contribution in [-0.2, 0) is 4.79 Å². The van der Waals surface area contributed by atoms with Gasteiger partial charge in [-0.15, -0.1) is 0 Å². The molecule has 0 aromatic rings. The minimum absolute atomic E-state index is 0.160. The minimum Gasteiger partial charge on any atom is -0.340 e. The first-order valence-electron chi connectivity index (χ1n) is 7.62. The van der Waals surface area contributed by atoms with Crippen molar-refractivity contribution >= 4 is 5.91 Å². The minimum atomic E-state index is 0.160. The Morgan fingerprint density at radius 2 is 2.11 bits per heavy atom. The predicted molar refractivity (Wildman–Crippen MR) is 74.4 cm³/mol. The normalized spacial score (nSPS) is 28.9. The van der Waals surface area contributed by atoms with Crippen molar-refractivity contribution in [3.63, 3.8) is 0 Å². The van der Waals surface area contributed by atoms with Gasteiger partial charge in [0, 0.05) is 32.1 Å². The number of hydrogen-bond donors (Lipinski definition) is 0. The summed E-state index contributed by atoms with van der Waals surface area (Å²) in [5.41, 5.74) is 0. The molecule has 2 aliphatic heterocycles. The van der Waals surface area contributed by atoms with Crippen LogP contribution in [0.4, 0.5) is 0 Å². The summed E-state index contributed by atoms with van der Waals surface area (Å²) in [6.07, 6.45) is 6.23. The third-order valence-corrected chi connectivity index (χ3v) is 4.48. The number of rotatable bonds is 3. The largest absolute Gasteiger partial charge is 0.340 e. The molecule has 0 radical (unpaired) electrons. The number of amides is 1. The molecule has 2 fully saturated rings. The van der Waals surface area contributed by atoms with Gasteiger partial charge < -0.3 is 9.80 Å². The fraction of sp³-hybridized carbons (Fsp3) is 0.867. The zero-order valence-electron chi connectivity index (χ0n) is 12.0. The Hall–Kier alpha value is -1.08. The third kappa shape index (κ3) is 3.70. The van der Waals surface area contributed by atoms with Gasteiger partial charge in [0.05, 0.1) is 12.0 Å². The van der Waals surface area contributed by atoms with Gasteiger partial charge in [-0.25, -0.2) is 0 Å². The molecule has 0 aliphatic carbocycles. The Morgan fingerprint density at radius 3 is 2.84 bits per heavy atom. The van der Waals surface area contributed by atoms with Gasteiger partial charge in [-0.3, -0.25) is 4.79 Å². The van der Waals surface area contributed by atoms with Crippen LogP contribution in [0.1, 0.15) is 45.4 Å². The molecule has 1 amide bonds. The van der Waals surface area contributed by atoms with E-state index in [1.54, 1.807) is 0 Å². The van der Waals surface area contributed by atoms with Crippen molar-refractivity contribution in [3.8, 4) is 6.07 Å². The predicted octanol–water partition coefficient (Wildman–Crippen LogP) is 2.01. The van der Waals surface area contributed by atoms with Crippen LogP contribution >= 0.6 is 0 Å². The molecule has 2 rings (SSSR count). The van der Waals surface area contributed by atoms with Crippen molar-refractivity contribution in [3.05, 3.63) is 0 Å². The maximum atomic E-state index is 12.6. The van der Waals surface area contributed by atoms with Gasteiger partial charge in [0.15, 0.2) is 0 Å². The van der Waals surface area contributed by atoms with Crippen molar-refractivity contribution in [1.29, 1.82) is 5.26 Å². The highest BCUT2D eigenvalue weighted by atomic mass is 16.2. The van der Waals surface area contributed by atoms with Gasteiger partial charge in [0.2, 0.25) is 5.91 Å². The molecule has 0 bridgehead atoms. The Kier molecular flexibility index (Phi) is 5.21. The quantitative estimate of drug-likeness (QED) is 0.782. The van der Waals surface area contributed by atoms with Crippen LogP contribution < -0.4 is 0 Å². The maximum absolute atomic E-state index is 12.6. The molecule has 19 heavy (non-hydrogen) atoms. The van der Waals surface area contributed by atoms with Crippen molar-refractivity contribution in [1.82, 2.24) is 9.80 Å². The lowest BCUT2D eigenvalue weighted by atomic mass is 9.94. The Morgan fingerprint density at radius 1 is 1.26 bits per heavy atom. The third-order valence-electron chi connectivity index (χ3n) is 4.48. The van der Waals surface area contributed by atoms with Crippen LogP contribution in [0.5, 0.6) is 0 Å². The second kappa shape index (κ2) is 6.91. The molecule has 2 unspecified atom stereocenters. The second-order valence-electron chi connectivity index (χ2n) is 5.92. The standard InChI is InChI=1S/C15H25N3O/c1-13-6-2-3-11-18(13)15(19)14-7-4-9-17(12-14)10-5-8-16/h13-14H,2-7,9-12H2,1H3. The lowest BCUT2D eigenvalue weighted by Crippen LogP contribution is -2.49. The lowest BCUT2D eigenvalue weighted by Gasteiger charge is -2.39. The fourth-order valence-corrected chi connectivity index (χ4v) is 3.33. The average molecular weight is 263 g/mol. The molecule has 2 aliphatic rings. The molecule has 0 spiro atoms. The highest BCUT2D eigenvalue weighted by Gasteiger charge is 2.32. The van der Waals surface area contributed by atoms with E-state index in [2.05, 4.69) is 22.8 Å². The zero-order valence-corrected chi connectivity index (χ0v) is 12.0. The van der Waals surface area contributed by atoms with E-state index in [0.717, 1.165) is 51.9 Å². The fourth-order valence-electron chi connectivity index (χ4n) is 3.33. The zero-order chi connectivity index (χ0) is 13.7. The summed E-state index contributed by atoms with van der Waals surface area (Å²) in [5, 5.41) is 8.66. The summed E-state index contributed by atoms with van der Waals surface area (Å²) < 4.78 is 0. The second-order valence-corrected chi connectivity index (χ2v) is 5.92. The smallest absolute Gasteiger partial charge is 0.227 e. The van der Waals surface area contributed by atoms with Crippen LogP contribution in [0.15, 0.2) is 0 Å². The Labute approximate surface area is 116 Å². The monoisotopic (exact) mass is 263 g/mol. The molecule has 0 aromatic carbocycles. The molecule has 0 N–H and O–H groups in total. The number of likely N-dealkylation sites (tertiary alicyclic amines) is 2. The van der Waals surface area contributed by atoms with Gasteiger partial charge in [0.25, 0.3) is 0 Å². The topological polar surface area (TPSA) is 47.3 Å². The number of piperidine rings is 2. The molecule has 0 saturated carbocycles. The molecule has 0 aromatic heterocycles. The van der Waals surface area contributed by atoms with Crippen molar-refractivity contribution in [2.75, 3.05) is 26.2 Å². The van der Waals surface area contributed by atoms with Crippen LogP contribution in [0.2, 0.25) is 0 Å². The maximum Gasteiger partial charge on any atom is 0.227 e. The van der Waals surface area contributed by atoms with E-state index in [4.69, 9.17) is 5.26 Å². The summed E-state index contributed by atoms with van der Waals surface area (Å²) in [6.45, 7) is 5.82. The van der Waals surface area contributed by atoms with Crippen LogP contribution in [-0.4, -0.2) is 47.9 Å². The number of carbonyl (C=O) groups is 1. The Balaban J connectivity index is 1.89. The highest BCUT2D eigenvalue weighted by molar-refractivity contribution is 5.79. The van der Waals surface area contributed by atoms with Gasteiger partial charge >= 0.3 is 0 Å². The SMILES string of the molecule is CC1CCCCN1C(=O)C1CCCN(CCC#N)C1. The van der Waals surface area contributed by atoms with E-state index in [0.29, 0.717) is 18.4 Å². The summed E-state index contributed by atoms with van der Waals surface area (Å²) in [4.78, 5) is 17.0. The van der Waals surface area contributed by atoms with Crippen molar-refractivity contribution < 1.29 is 4.79 Å². The molecule has 4 nitrogen and oxygen atoms in total. The summed E-state index contributed by atoms with van der Waals surface area (Å²) >= 11 is 0. The molecule has 106 valence electrons.